The van der Waals surface area contributed by atoms with Gasteiger partial charge in [-0.15, -0.1) is 0 Å². The number of carbonyl (C=O) groups excluding carboxylic acids is 2. The van der Waals surface area contributed by atoms with Crippen LogP contribution in [-0.2, 0) is 13.1 Å². The molecule has 0 unspecified atom stereocenters. The number of para-hydroxylation sites is 1. The lowest BCUT2D eigenvalue weighted by molar-refractivity contribution is 0.0471. The lowest BCUT2D eigenvalue weighted by Gasteiger charge is -2.40. The maximum atomic E-state index is 13.9. The highest BCUT2D eigenvalue weighted by Crippen LogP contribution is 2.39. The smallest absolute Gasteiger partial charge is 0.254 e. The molecule has 3 fully saturated rings. The molecule has 2 aliphatic heterocycles. The van der Waals surface area contributed by atoms with Gasteiger partial charge in [-0.05, 0) is 87.1 Å². The van der Waals surface area contributed by atoms with Gasteiger partial charge in [0.1, 0.15) is 11.3 Å². The lowest BCUT2D eigenvalue weighted by atomic mass is 9.98. The Morgan fingerprint density at radius 2 is 1.65 bits per heavy atom. The summed E-state index contributed by atoms with van der Waals surface area (Å²) in [5.41, 5.74) is 11.7. The summed E-state index contributed by atoms with van der Waals surface area (Å²) in [5, 5.41) is 10.3. The Morgan fingerprint density at radius 3 is 2.39 bits per heavy atom. The lowest BCUT2D eigenvalue weighted by Crippen LogP contribution is -2.51. The molecule has 3 aromatic carbocycles. The van der Waals surface area contributed by atoms with Crippen LogP contribution in [-0.4, -0.2) is 74.6 Å². The second-order valence-electron chi connectivity index (χ2n) is 14.1. The number of benzene rings is 3. The molecule has 2 saturated heterocycles. The summed E-state index contributed by atoms with van der Waals surface area (Å²) in [4.78, 5) is 36.2. The van der Waals surface area contributed by atoms with Crippen molar-refractivity contribution in [3.63, 3.8) is 0 Å². The molecule has 250 valence electrons. The maximum Gasteiger partial charge on any atom is 0.254 e. The number of piperidine rings is 1. The van der Waals surface area contributed by atoms with Crippen LogP contribution < -0.4 is 10.5 Å². The van der Waals surface area contributed by atoms with Gasteiger partial charge in [0.25, 0.3) is 11.8 Å². The molecule has 1 saturated carbocycles. The Morgan fingerprint density at radius 1 is 0.898 bits per heavy atom. The zero-order chi connectivity index (χ0) is 33.8. The molecule has 2 amide bonds. The molecule has 4 heterocycles. The Labute approximate surface area is 285 Å². The van der Waals surface area contributed by atoms with Gasteiger partial charge in [0.15, 0.2) is 5.82 Å². The van der Waals surface area contributed by atoms with E-state index in [1.54, 1.807) is 31.4 Å². The monoisotopic (exact) mass is 655 g/mol. The quantitative estimate of drug-likeness (QED) is 0.230. The molecule has 2 N–H and O–H groups in total. The van der Waals surface area contributed by atoms with Crippen molar-refractivity contribution in [3.05, 3.63) is 83.4 Å². The van der Waals surface area contributed by atoms with Gasteiger partial charge in [-0.25, -0.2) is 4.98 Å². The summed E-state index contributed by atoms with van der Waals surface area (Å²) in [5.74, 6) is 2.19. The van der Waals surface area contributed by atoms with E-state index in [1.165, 1.54) is 18.4 Å². The molecule has 49 heavy (non-hydrogen) atoms. The molecule has 1 aliphatic carbocycles. The van der Waals surface area contributed by atoms with Gasteiger partial charge in [-0.3, -0.25) is 9.59 Å². The molecule has 10 nitrogen and oxygen atoms in total. The summed E-state index contributed by atoms with van der Waals surface area (Å²) in [7, 11) is 1.64. The number of amides is 2. The minimum absolute atomic E-state index is 0.0317. The molecular weight excluding hydrogens is 614 g/mol. The summed E-state index contributed by atoms with van der Waals surface area (Å²) in [6, 6.07) is 23.4. The largest absolute Gasteiger partial charge is 0.494 e. The first kappa shape index (κ1) is 31.1. The second kappa shape index (κ2) is 12.4. The molecule has 0 radical (unpaired) electrons. The Bertz CT molecular complexity index is 2110. The van der Waals surface area contributed by atoms with E-state index in [1.807, 2.05) is 21.9 Å². The minimum atomic E-state index is -0.0576. The van der Waals surface area contributed by atoms with Gasteiger partial charge < -0.3 is 29.4 Å². The Balaban J connectivity index is 1.19. The van der Waals surface area contributed by atoms with Gasteiger partial charge in [-0.2, -0.15) is 5.26 Å². The average Bonchev–Trinajstić information content (AvgIpc) is 3.76. The van der Waals surface area contributed by atoms with Crippen molar-refractivity contribution in [3.8, 4) is 23.3 Å². The van der Waals surface area contributed by atoms with E-state index in [9.17, 15) is 9.59 Å². The van der Waals surface area contributed by atoms with Crippen LogP contribution >= 0.6 is 0 Å². The zero-order valence-electron chi connectivity index (χ0n) is 28.0. The highest BCUT2D eigenvalue weighted by molar-refractivity contribution is 6.00. The fourth-order valence-electron chi connectivity index (χ4n) is 7.60. The van der Waals surface area contributed by atoms with Crippen molar-refractivity contribution >= 4 is 33.8 Å². The third kappa shape index (κ3) is 5.72. The van der Waals surface area contributed by atoms with Crippen molar-refractivity contribution in [2.24, 2.45) is 17.6 Å². The average molecular weight is 656 g/mol. The van der Waals surface area contributed by atoms with E-state index in [0.29, 0.717) is 60.1 Å². The number of carbonyl (C=O) groups is 2. The zero-order valence-corrected chi connectivity index (χ0v) is 28.0. The molecule has 5 aromatic rings. The van der Waals surface area contributed by atoms with Crippen LogP contribution in [0, 0.1) is 23.2 Å². The van der Waals surface area contributed by atoms with E-state index in [0.717, 1.165) is 41.8 Å². The van der Waals surface area contributed by atoms with Crippen LogP contribution in [0.15, 0.2) is 66.7 Å². The molecule has 10 heteroatoms. The molecule has 8 rings (SSSR count). The van der Waals surface area contributed by atoms with Crippen LogP contribution in [0.1, 0.15) is 58.9 Å². The summed E-state index contributed by atoms with van der Waals surface area (Å²) < 4.78 is 10.7. The van der Waals surface area contributed by atoms with Crippen molar-refractivity contribution < 1.29 is 14.3 Å². The summed E-state index contributed by atoms with van der Waals surface area (Å²) >= 11 is 0. The SMILES string of the molecule is COc1cc(C(=O)N2C[C@H](N)CC[C@@H]2C)cc2nc(-c3cc4ccccc4n3CC3CC3)n(CC3CN(C(=O)c4ccc(C#N)cc4)C3)c12. The summed E-state index contributed by atoms with van der Waals surface area (Å²) in [6.45, 7) is 5.38. The Kier molecular flexibility index (Phi) is 7.87. The number of hydrogen-bond acceptors (Lipinski definition) is 6. The first-order chi connectivity index (χ1) is 23.8. The third-order valence-electron chi connectivity index (χ3n) is 10.6. The predicted molar refractivity (Wildman–Crippen MR) is 188 cm³/mol. The van der Waals surface area contributed by atoms with Crippen LogP contribution in [0.2, 0.25) is 0 Å². The number of rotatable bonds is 8. The van der Waals surface area contributed by atoms with E-state index < -0.39 is 0 Å². The van der Waals surface area contributed by atoms with E-state index in [4.69, 9.17) is 20.7 Å². The predicted octanol–water partition coefficient (Wildman–Crippen LogP) is 5.67. The number of nitrogens with two attached hydrogens (primary N) is 1. The van der Waals surface area contributed by atoms with E-state index in [2.05, 4.69) is 52.5 Å². The number of nitriles is 1. The summed E-state index contributed by atoms with van der Waals surface area (Å²) in [6.07, 6.45) is 4.24. The van der Waals surface area contributed by atoms with E-state index in [-0.39, 0.29) is 29.8 Å². The number of fused-ring (bicyclic) bond motifs is 2. The van der Waals surface area contributed by atoms with Crippen molar-refractivity contribution in [2.75, 3.05) is 26.7 Å². The third-order valence-corrected chi connectivity index (χ3v) is 10.6. The van der Waals surface area contributed by atoms with E-state index >= 15 is 0 Å². The van der Waals surface area contributed by atoms with Gasteiger partial charge >= 0.3 is 0 Å². The van der Waals surface area contributed by atoms with Crippen LogP contribution in [0.5, 0.6) is 5.75 Å². The fraction of sp³-hybridized carbons (Fsp3) is 0.385. The molecule has 2 atom stereocenters. The molecule has 2 aromatic heterocycles. The standard InChI is InChI=1S/C39H41N7O3/c1-24-7-14-31(41)23-44(24)39(48)30-15-32-36(35(17-30)49-2)46(22-27-19-43(20-27)38(47)28-12-10-25(18-40)11-13-28)37(42-32)34-16-29-5-3-4-6-33(29)45(34)21-26-8-9-26/h3-6,10-13,15-17,24,26-27,31H,7-9,14,19-23,41H2,1-2H3/t24-,31+/m0/s1. The Hall–Kier alpha value is -5.14. The van der Waals surface area contributed by atoms with Gasteiger partial charge in [-0.1, -0.05) is 18.2 Å². The number of likely N-dealkylation sites (tertiary alicyclic amines) is 2. The molecule has 0 spiro atoms. The first-order valence-electron chi connectivity index (χ1n) is 17.3. The number of aromatic nitrogens is 3. The van der Waals surface area contributed by atoms with Crippen molar-refractivity contribution in [2.45, 2.75) is 57.8 Å². The number of ether oxygens (including phenoxy) is 1. The van der Waals surface area contributed by atoms with Gasteiger partial charge in [0, 0.05) is 72.8 Å². The molecule has 3 aliphatic rings. The number of methoxy groups -OCH3 is 1. The van der Waals surface area contributed by atoms with Crippen LogP contribution in [0.25, 0.3) is 33.5 Å². The fourth-order valence-corrected chi connectivity index (χ4v) is 7.60. The highest BCUT2D eigenvalue weighted by atomic mass is 16.5. The normalized spacial score (nSPS) is 19.6. The topological polar surface area (TPSA) is 122 Å². The minimum Gasteiger partial charge on any atom is -0.494 e. The van der Waals surface area contributed by atoms with Gasteiger partial charge in [0.05, 0.1) is 30.0 Å². The number of nitrogens with zero attached hydrogens (tertiary/aromatic N) is 6. The number of hydrogen-bond donors (Lipinski definition) is 1. The molecule has 0 bridgehead atoms. The van der Waals surface area contributed by atoms with Crippen LogP contribution in [0.4, 0.5) is 0 Å². The maximum absolute atomic E-state index is 13.9. The highest BCUT2D eigenvalue weighted by Gasteiger charge is 2.35. The van der Waals surface area contributed by atoms with Crippen molar-refractivity contribution in [1.82, 2.24) is 23.9 Å². The first-order valence-corrected chi connectivity index (χ1v) is 17.3. The molecular formula is C39H41N7O3. The van der Waals surface area contributed by atoms with Crippen molar-refractivity contribution in [1.29, 1.82) is 5.26 Å². The van der Waals surface area contributed by atoms with Gasteiger partial charge in [0.2, 0.25) is 0 Å². The number of imidazole rings is 1. The van der Waals surface area contributed by atoms with Crippen LogP contribution in [0.3, 0.4) is 0 Å². The second-order valence-corrected chi connectivity index (χ2v) is 14.1.